The summed E-state index contributed by atoms with van der Waals surface area (Å²) >= 11 is 0. The Balaban J connectivity index is 1.10. The second-order valence-corrected chi connectivity index (χ2v) is 18.5. The average molecular weight is 831 g/mol. The lowest BCUT2D eigenvalue weighted by Gasteiger charge is -2.33. The average Bonchev–Trinajstić information content (AvgIpc) is 3.38. The van der Waals surface area contributed by atoms with E-state index in [1.54, 1.807) is 11.1 Å². The molecular formula is C62H58N2. The monoisotopic (exact) mass is 830 g/mol. The molecule has 1 unspecified atom stereocenters. The molecule has 0 amide bonds. The van der Waals surface area contributed by atoms with Crippen molar-refractivity contribution < 1.29 is 0 Å². The highest BCUT2D eigenvalue weighted by Crippen LogP contribution is 2.50. The second kappa shape index (κ2) is 18.2. The van der Waals surface area contributed by atoms with Crippen LogP contribution < -0.4 is 9.80 Å². The lowest BCUT2D eigenvalue weighted by molar-refractivity contribution is 0.445. The lowest BCUT2D eigenvalue weighted by Crippen LogP contribution is -2.17. The van der Waals surface area contributed by atoms with Gasteiger partial charge in [-0.3, -0.25) is 0 Å². The molecule has 0 radical (unpaired) electrons. The van der Waals surface area contributed by atoms with Crippen LogP contribution >= 0.6 is 0 Å². The summed E-state index contributed by atoms with van der Waals surface area (Å²) in [5, 5.41) is 5.84. The summed E-state index contributed by atoms with van der Waals surface area (Å²) in [5.41, 5.74) is 14.2. The molecule has 2 saturated carbocycles. The molecule has 2 nitrogen and oxygen atoms in total. The van der Waals surface area contributed by atoms with Gasteiger partial charge in [-0.25, -0.2) is 0 Å². The predicted octanol–water partition coefficient (Wildman–Crippen LogP) is 18.0. The van der Waals surface area contributed by atoms with Gasteiger partial charge in [0.15, 0.2) is 0 Å². The number of hydrogen-bond donors (Lipinski definition) is 0. The quantitative estimate of drug-likeness (QED) is 0.127. The fourth-order valence-electron chi connectivity index (χ4n) is 11.4. The number of anilines is 5. The minimum Gasteiger partial charge on any atom is -0.311 e. The summed E-state index contributed by atoms with van der Waals surface area (Å²) in [5.74, 6) is 1.44. The second-order valence-electron chi connectivity index (χ2n) is 18.5. The fourth-order valence-corrected chi connectivity index (χ4v) is 11.4. The van der Waals surface area contributed by atoms with Gasteiger partial charge in [-0.05, 0) is 160 Å². The van der Waals surface area contributed by atoms with Crippen molar-refractivity contribution in [1.82, 2.24) is 0 Å². The Morgan fingerprint density at radius 3 is 1.31 bits per heavy atom. The SMILES string of the molecule is C1=CC(c2ccccc2)CC=C1N(c1ccccc1)c1ccc2c(C3CCCCC3)c3cc(N(c4ccccc4)c4ccc(-c5ccccc5)cc4)ccc3c(C3CCCCC3)c2c1. The van der Waals surface area contributed by atoms with Gasteiger partial charge in [-0.1, -0.05) is 172 Å². The van der Waals surface area contributed by atoms with Crippen molar-refractivity contribution in [2.75, 3.05) is 9.80 Å². The molecule has 0 saturated heterocycles. The molecule has 64 heavy (non-hydrogen) atoms. The highest BCUT2D eigenvalue weighted by Gasteiger charge is 2.29. The Labute approximate surface area is 380 Å². The van der Waals surface area contributed by atoms with Crippen LogP contribution in [-0.4, -0.2) is 0 Å². The predicted molar refractivity (Wildman–Crippen MR) is 273 cm³/mol. The van der Waals surface area contributed by atoms with Crippen molar-refractivity contribution in [3.63, 3.8) is 0 Å². The van der Waals surface area contributed by atoms with Crippen LogP contribution in [0.3, 0.4) is 0 Å². The molecule has 0 heterocycles. The number of allylic oxidation sites excluding steroid dienone is 3. The van der Waals surface area contributed by atoms with Gasteiger partial charge in [0, 0.05) is 40.1 Å². The normalized spacial score (nSPS) is 17.1. The van der Waals surface area contributed by atoms with Crippen LogP contribution in [0.15, 0.2) is 206 Å². The Kier molecular flexibility index (Phi) is 11.4. The summed E-state index contributed by atoms with van der Waals surface area (Å²) in [7, 11) is 0. The van der Waals surface area contributed by atoms with Gasteiger partial charge in [-0.2, -0.15) is 0 Å². The van der Waals surface area contributed by atoms with E-state index in [1.807, 2.05) is 0 Å². The number of nitrogens with zero attached hydrogens (tertiary/aromatic N) is 2. The van der Waals surface area contributed by atoms with Crippen LogP contribution in [0.4, 0.5) is 28.4 Å². The zero-order valence-corrected chi connectivity index (χ0v) is 37.0. The lowest BCUT2D eigenvalue weighted by atomic mass is 9.74. The van der Waals surface area contributed by atoms with Crippen LogP contribution in [-0.2, 0) is 0 Å². The topological polar surface area (TPSA) is 6.48 Å². The van der Waals surface area contributed by atoms with E-state index in [4.69, 9.17) is 0 Å². The molecule has 2 heteroatoms. The van der Waals surface area contributed by atoms with E-state index < -0.39 is 0 Å². The zero-order chi connectivity index (χ0) is 42.7. The van der Waals surface area contributed by atoms with Crippen molar-refractivity contribution in [1.29, 1.82) is 0 Å². The van der Waals surface area contributed by atoms with Gasteiger partial charge in [0.05, 0.1) is 0 Å². The van der Waals surface area contributed by atoms with Gasteiger partial charge < -0.3 is 9.80 Å². The third-order valence-corrected chi connectivity index (χ3v) is 14.5. The number of para-hydroxylation sites is 2. The molecule has 0 aliphatic heterocycles. The number of hydrogen-bond acceptors (Lipinski definition) is 2. The van der Waals surface area contributed by atoms with Crippen LogP contribution in [0.1, 0.15) is 105 Å². The summed E-state index contributed by atoms with van der Waals surface area (Å²) in [4.78, 5) is 4.98. The van der Waals surface area contributed by atoms with E-state index in [2.05, 4.69) is 210 Å². The van der Waals surface area contributed by atoms with Crippen LogP contribution in [0, 0.1) is 0 Å². The molecule has 0 spiro atoms. The molecule has 8 aromatic rings. The maximum absolute atomic E-state index is 2.59. The molecule has 3 aliphatic rings. The van der Waals surface area contributed by atoms with Gasteiger partial charge >= 0.3 is 0 Å². The number of fused-ring (bicyclic) bond motifs is 2. The smallest absolute Gasteiger partial charge is 0.0468 e. The summed E-state index contributed by atoms with van der Waals surface area (Å²) in [6, 6.07) is 67.9. The molecular weight excluding hydrogens is 773 g/mol. The summed E-state index contributed by atoms with van der Waals surface area (Å²) < 4.78 is 0. The molecule has 2 fully saturated rings. The van der Waals surface area contributed by atoms with Crippen molar-refractivity contribution in [3.05, 3.63) is 223 Å². The molecule has 0 N–H and O–H groups in total. The Bertz CT molecular complexity index is 2900. The van der Waals surface area contributed by atoms with Crippen molar-refractivity contribution in [3.8, 4) is 11.1 Å². The highest BCUT2D eigenvalue weighted by molar-refractivity contribution is 6.09. The third-order valence-electron chi connectivity index (χ3n) is 14.5. The first kappa shape index (κ1) is 40.2. The Hall–Kier alpha value is -6.64. The van der Waals surface area contributed by atoms with Crippen LogP contribution in [0.2, 0.25) is 0 Å². The molecule has 11 rings (SSSR count). The minimum atomic E-state index is 0.387. The standard InChI is InChI=1S/C62H58N2/c1-7-19-45(20-8-1)47-31-35-53(36-32-47)63(51-27-15-5-16-28-51)55-39-41-57-59(43-55)61(49-23-11-3-12-24-49)58-42-40-56(44-60(58)62(57)50-25-13-4-14-26-50)64(52-29-17-6-18-30-52)54-37-33-48(34-38-54)46-21-9-2-10-22-46/h1-2,5-10,15-22,27-33,35-44,48-50H,3-4,11-14,23-26,34H2. The maximum atomic E-state index is 2.59. The van der Waals surface area contributed by atoms with E-state index >= 15 is 0 Å². The first-order valence-corrected chi connectivity index (χ1v) is 24.1. The number of rotatable bonds is 10. The Morgan fingerprint density at radius 2 is 0.797 bits per heavy atom. The van der Waals surface area contributed by atoms with Gasteiger partial charge in [0.25, 0.3) is 0 Å². The molecule has 0 bridgehead atoms. The fraction of sp³-hybridized carbons (Fsp3) is 0.226. The van der Waals surface area contributed by atoms with Gasteiger partial charge in [-0.15, -0.1) is 0 Å². The molecule has 3 aliphatic carbocycles. The van der Waals surface area contributed by atoms with Crippen molar-refractivity contribution >= 4 is 50.0 Å². The molecule has 316 valence electrons. The van der Waals surface area contributed by atoms with Crippen molar-refractivity contribution in [2.24, 2.45) is 0 Å². The molecule has 1 atom stereocenters. The van der Waals surface area contributed by atoms with Crippen LogP contribution in [0.5, 0.6) is 0 Å². The molecule has 0 aromatic heterocycles. The van der Waals surface area contributed by atoms with E-state index in [9.17, 15) is 0 Å². The summed E-state index contributed by atoms with van der Waals surface area (Å²) in [6.45, 7) is 0. The van der Waals surface area contributed by atoms with E-state index in [0.29, 0.717) is 17.8 Å². The first-order valence-electron chi connectivity index (χ1n) is 24.1. The largest absolute Gasteiger partial charge is 0.311 e. The Morgan fingerprint density at radius 1 is 0.359 bits per heavy atom. The van der Waals surface area contributed by atoms with Gasteiger partial charge in [0.1, 0.15) is 0 Å². The minimum absolute atomic E-state index is 0.387. The van der Waals surface area contributed by atoms with E-state index in [-0.39, 0.29) is 0 Å². The third kappa shape index (κ3) is 7.96. The first-order chi connectivity index (χ1) is 31.8. The van der Waals surface area contributed by atoms with E-state index in [1.165, 1.54) is 137 Å². The number of benzene rings is 8. The van der Waals surface area contributed by atoms with Gasteiger partial charge in [0.2, 0.25) is 0 Å². The maximum Gasteiger partial charge on any atom is 0.0468 e. The van der Waals surface area contributed by atoms with E-state index in [0.717, 1.165) is 6.42 Å². The molecule has 8 aromatic carbocycles. The summed E-state index contributed by atoms with van der Waals surface area (Å²) in [6.07, 6.45) is 21.1. The highest BCUT2D eigenvalue weighted by atomic mass is 15.1. The zero-order valence-electron chi connectivity index (χ0n) is 37.0. The van der Waals surface area contributed by atoms with Crippen LogP contribution in [0.25, 0.3) is 32.7 Å². The van der Waals surface area contributed by atoms with Crippen molar-refractivity contribution in [2.45, 2.75) is 88.4 Å².